The Morgan fingerprint density at radius 1 is 0.972 bits per heavy atom. The Kier molecular flexibility index (Phi) is 9.52. The molecule has 1 aliphatic carbocycles. The predicted octanol–water partition coefficient (Wildman–Crippen LogP) is 6.09. The van der Waals surface area contributed by atoms with E-state index in [4.69, 9.17) is 0 Å². The minimum atomic E-state index is 0.0465. The maximum absolute atomic E-state index is 12.4. The molecule has 1 fully saturated rings. The number of carbonyl (C=O) groups excluding carboxylic acids is 2. The van der Waals surface area contributed by atoms with Crippen LogP contribution in [0.2, 0.25) is 0 Å². The molecule has 4 heteroatoms. The molecule has 0 spiro atoms. The third kappa shape index (κ3) is 7.64. The van der Waals surface area contributed by atoms with Crippen molar-refractivity contribution >= 4 is 17.8 Å². The summed E-state index contributed by atoms with van der Waals surface area (Å²) in [4.78, 5) is 27.4. The monoisotopic (exact) mass is 486 g/mol. The molecule has 2 aromatic carbocycles. The minimum absolute atomic E-state index is 0.0465. The first-order valence-electron chi connectivity index (χ1n) is 13.9. The second-order valence-corrected chi connectivity index (χ2v) is 10.9. The van der Waals surface area contributed by atoms with Gasteiger partial charge in [-0.2, -0.15) is 0 Å². The number of fused-ring (bicyclic) bond motifs is 1. The Labute approximate surface area is 217 Å². The van der Waals surface area contributed by atoms with Crippen LogP contribution in [-0.4, -0.2) is 42.3 Å². The van der Waals surface area contributed by atoms with Gasteiger partial charge in [-0.15, -0.1) is 0 Å². The molecule has 0 bridgehead atoms. The Bertz CT molecular complexity index is 1040. The summed E-state index contributed by atoms with van der Waals surface area (Å²) in [6, 6.07) is 16.8. The molecule has 0 saturated heterocycles. The van der Waals surface area contributed by atoms with E-state index in [9.17, 15) is 9.59 Å². The molecule has 2 aromatic rings. The minimum Gasteiger partial charge on any atom is -0.353 e. The molecule has 1 N–H and O–H groups in total. The van der Waals surface area contributed by atoms with Gasteiger partial charge in [-0.1, -0.05) is 68.5 Å². The second kappa shape index (κ2) is 13.0. The number of carbonyl (C=O) groups is 2. The predicted molar refractivity (Wildman–Crippen MR) is 148 cm³/mol. The highest BCUT2D eigenvalue weighted by atomic mass is 16.1. The zero-order chi connectivity index (χ0) is 25.3. The zero-order valence-electron chi connectivity index (χ0n) is 22.0. The van der Waals surface area contributed by atoms with E-state index in [1.54, 1.807) is 0 Å². The normalized spacial score (nSPS) is 20.8. The van der Waals surface area contributed by atoms with Crippen LogP contribution in [0.3, 0.4) is 0 Å². The maximum Gasteiger partial charge on any atom is 0.224 e. The van der Waals surface area contributed by atoms with Crippen molar-refractivity contribution in [1.29, 1.82) is 0 Å². The van der Waals surface area contributed by atoms with E-state index in [2.05, 4.69) is 22.3 Å². The second-order valence-electron chi connectivity index (χ2n) is 10.9. The smallest absolute Gasteiger partial charge is 0.224 e. The van der Waals surface area contributed by atoms with Gasteiger partial charge in [0.15, 0.2) is 5.78 Å². The van der Waals surface area contributed by atoms with Crippen molar-refractivity contribution in [2.24, 2.45) is 11.8 Å². The number of ketones is 1. The number of Topliss-reactive ketones (excluding diaryl/α,β-unsaturated/α-hetero) is 1. The summed E-state index contributed by atoms with van der Waals surface area (Å²) in [6.45, 7) is 7.28. The van der Waals surface area contributed by atoms with Gasteiger partial charge >= 0.3 is 0 Å². The summed E-state index contributed by atoms with van der Waals surface area (Å²) < 4.78 is 0. The number of benzene rings is 2. The average Bonchev–Trinajstić information content (AvgIpc) is 3.10. The van der Waals surface area contributed by atoms with Crippen molar-refractivity contribution in [3.63, 3.8) is 0 Å². The summed E-state index contributed by atoms with van der Waals surface area (Å²) in [6.07, 6.45) is 12.4. The lowest BCUT2D eigenvalue weighted by molar-refractivity contribution is -0.121. The van der Waals surface area contributed by atoms with Crippen LogP contribution in [0.25, 0.3) is 6.08 Å². The van der Waals surface area contributed by atoms with Crippen LogP contribution in [0.15, 0.2) is 54.6 Å². The largest absolute Gasteiger partial charge is 0.353 e. The fourth-order valence-electron chi connectivity index (χ4n) is 5.60. The topological polar surface area (TPSA) is 49.4 Å². The molecular weight excluding hydrogens is 444 g/mol. The first kappa shape index (κ1) is 26.3. The number of rotatable bonds is 9. The fourth-order valence-corrected chi connectivity index (χ4v) is 5.60. The molecule has 2 aliphatic rings. The van der Waals surface area contributed by atoms with E-state index in [-0.39, 0.29) is 17.6 Å². The first-order valence-corrected chi connectivity index (χ1v) is 13.9. The Morgan fingerprint density at radius 3 is 2.42 bits per heavy atom. The highest BCUT2D eigenvalue weighted by molar-refractivity contribution is 5.97. The molecule has 192 valence electrons. The van der Waals surface area contributed by atoms with Gasteiger partial charge < -0.3 is 10.2 Å². The van der Waals surface area contributed by atoms with Crippen molar-refractivity contribution in [2.45, 2.75) is 71.3 Å². The van der Waals surface area contributed by atoms with Gasteiger partial charge in [0.25, 0.3) is 0 Å². The van der Waals surface area contributed by atoms with Gasteiger partial charge in [-0.05, 0) is 80.2 Å². The van der Waals surface area contributed by atoms with Crippen LogP contribution >= 0.6 is 0 Å². The van der Waals surface area contributed by atoms with Crippen LogP contribution in [-0.2, 0) is 17.6 Å². The summed E-state index contributed by atoms with van der Waals surface area (Å²) in [5.41, 5.74) is 4.77. The van der Waals surface area contributed by atoms with Crippen LogP contribution in [0.1, 0.15) is 79.4 Å². The molecule has 1 aliphatic heterocycles. The van der Waals surface area contributed by atoms with E-state index in [0.717, 1.165) is 62.4 Å². The van der Waals surface area contributed by atoms with Gasteiger partial charge in [0.1, 0.15) is 0 Å². The average molecular weight is 487 g/mol. The van der Waals surface area contributed by atoms with Gasteiger partial charge in [-0.25, -0.2) is 0 Å². The summed E-state index contributed by atoms with van der Waals surface area (Å²) >= 11 is 0. The Hall–Kier alpha value is -2.72. The van der Waals surface area contributed by atoms with E-state index < -0.39 is 0 Å². The Balaban J connectivity index is 1.15. The lowest BCUT2D eigenvalue weighted by atomic mass is 9.84. The van der Waals surface area contributed by atoms with E-state index >= 15 is 0 Å². The van der Waals surface area contributed by atoms with Crippen LogP contribution < -0.4 is 5.32 Å². The third-order valence-electron chi connectivity index (χ3n) is 7.89. The summed E-state index contributed by atoms with van der Waals surface area (Å²) in [7, 11) is 0. The number of nitrogens with one attached hydrogen (secondary N) is 1. The molecule has 0 unspecified atom stereocenters. The van der Waals surface area contributed by atoms with E-state index in [0.29, 0.717) is 12.5 Å². The standard InChI is InChI=1S/C32H42N2O2/c1-24(2)32(36)29-14-13-27-18-21-34(22-19-28(27)23-29)20-17-26-11-15-30(16-12-26)33-31(35)10-6-9-25-7-4-3-5-8-25/h3-9,13-14,23-24,26,30H,10-12,15-22H2,1-2H3,(H,33,35)/b9-6+/t26-,30-. The van der Waals surface area contributed by atoms with Crippen LogP contribution in [0.4, 0.5) is 0 Å². The molecule has 1 saturated carbocycles. The van der Waals surface area contributed by atoms with Crippen molar-refractivity contribution < 1.29 is 9.59 Å². The molecule has 0 atom stereocenters. The molecule has 0 radical (unpaired) electrons. The van der Waals surface area contributed by atoms with Crippen molar-refractivity contribution in [1.82, 2.24) is 10.2 Å². The summed E-state index contributed by atoms with van der Waals surface area (Å²) in [5, 5.41) is 3.24. The molecule has 1 heterocycles. The van der Waals surface area contributed by atoms with Crippen LogP contribution in [0, 0.1) is 11.8 Å². The molecule has 4 nitrogen and oxygen atoms in total. The highest BCUT2D eigenvalue weighted by Gasteiger charge is 2.23. The molecular formula is C32H42N2O2. The fraction of sp³-hybridized carbons (Fsp3) is 0.500. The SMILES string of the molecule is CC(C)C(=O)c1ccc2c(c1)CCN(CC[C@H]1CC[C@H](NC(=O)C/C=C/c3ccccc3)CC1)CC2. The van der Waals surface area contributed by atoms with Crippen molar-refractivity contribution in [3.8, 4) is 0 Å². The van der Waals surface area contributed by atoms with Crippen molar-refractivity contribution in [2.75, 3.05) is 19.6 Å². The highest BCUT2D eigenvalue weighted by Crippen LogP contribution is 2.28. The molecule has 1 amide bonds. The molecule has 4 rings (SSSR count). The number of amides is 1. The Morgan fingerprint density at radius 2 is 1.69 bits per heavy atom. The van der Waals surface area contributed by atoms with E-state index in [1.807, 2.05) is 62.4 Å². The quantitative estimate of drug-likeness (QED) is 0.436. The first-order chi connectivity index (χ1) is 17.5. The van der Waals surface area contributed by atoms with Crippen molar-refractivity contribution in [3.05, 3.63) is 76.9 Å². The van der Waals surface area contributed by atoms with Gasteiger partial charge in [-0.3, -0.25) is 9.59 Å². The lowest BCUT2D eigenvalue weighted by Gasteiger charge is -2.30. The lowest BCUT2D eigenvalue weighted by Crippen LogP contribution is -2.38. The number of hydrogen-bond acceptors (Lipinski definition) is 3. The number of hydrogen-bond donors (Lipinski definition) is 1. The van der Waals surface area contributed by atoms with E-state index in [1.165, 1.54) is 30.4 Å². The zero-order valence-corrected chi connectivity index (χ0v) is 22.0. The number of nitrogens with zero attached hydrogens (tertiary/aromatic N) is 1. The maximum atomic E-state index is 12.4. The molecule has 0 aromatic heterocycles. The summed E-state index contributed by atoms with van der Waals surface area (Å²) in [5.74, 6) is 1.18. The third-order valence-corrected chi connectivity index (χ3v) is 7.89. The van der Waals surface area contributed by atoms with Crippen LogP contribution in [0.5, 0.6) is 0 Å². The van der Waals surface area contributed by atoms with Gasteiger partial charge in [0, 0.05) is 37.0 Å². The van der Waals surface area contributed by atoms with Gasteiger partial charge in [0.05, 0.1) is 0 Å². The molecule has 36 heavy (non-hydrogen) atoms. The van der Waals surface area contributed by atoms with Gasteiger partial charge in [0.2, 0.25) is 5.91 Å².